The first kappa shape index (κ1) is 9.89. The second kappa shape index (κ2) is 7.00. The fourth-order valence-electron chi connectivity index (χ4n) is 0.571. The van der Waals surface area contributed by atoms with Crippen LogP contribution in [-0.4, -0.2) is 6.21 Å². The number of hydrogen-bond acceptors (Lipinski definition) is 1. The van der Waals surface area contributed by atoms with Gasteiger partial charge in [-0.05, 0) is 25.5 Å². The molecule has 0 aromatic carbocycles. The van der Waals surface area contributed by atoms with Crippen molar-refractivity contribution < 1.29 is 0 Å². The van der Waals surface area contributed by atoms with Gasteiger partial charge in [0.1, 0.15) is 0 Å². The van der Waals surface area contributed by atoms with E-state index in [1.54, 1.807) is 12.3 Å². The lowest BCUT2D eigenvalue weighted by molar-refractivity contribution is 1.23. The van der Waals surface area contributed by atoms with Crippen LogP contribution in [-0.2, 0) is 0 Å². The van der Waals surface area contributed by atoms with Crippen LogP contribution >= 0.6 is 0 Å². The maximum Gasteiger partial charge on any atom is 0.0372 e. The van der Waals surface area contributed by atoms with E-state index in [0.29, 0.717) is 0 Å². The van der Waals surface area contributed by atoms with Gasteiger partial charge in [-0.2, -0.15) is 0 Å². The Morgan fingerprint density at radius 2 is 2.27 bits per heavy atom. The van der Waals surface area contributed by atoms with Gasteiger partial charge in [-0.25, -0.2) is 0 Å². The molecule has 0 spiro atoms. The maximum absolute atomic E-state index is 4.13. The summed E-state index contributed by atoms with van der Waals surface area (Å²) in [7, 11) is 0. The fourth-order valence-corrected chi connectivity index (χ4v) is 0.571. The van der Waals surface area contributed by atoms with Gasteiger partial charge >= 0.3 is 0 Å². The van der Waals surface area contributed by atoms with Crippen LogP contribution in [0.1, 0.15) is 20.3 Å². The zero-order chi connectivity index (χ0) is 8.53. The molecule has 0 bridgehead atoms. The van der Waals surface area contributed by atoms with Crippen LogP contribution in [0.3, 0.4) is 0 Å². The molecule has 1 heteroatoms. The van der Waals surface area contributed by atoms with Gasteiger partial charge in [-0.15, -0.1) is 0 Å². The first-order valence-corrected chi connectivity index (χ1v) is 3.79. The minimum Gasteiger partial charge on any atom is -0.262 e. The van der Waals surface area contributed by atoms with Crippen LogP contribution in [0.25, 0.3) is 0 Å². The second-order valence-corrected chi connectivity index (χ2v) is 2.16. The van der Waals surface area contributed by atoms with Gasteiger partial charge in [0, 0.05) is 11.9 Å². The number of hydrogen-bond donors (Lipinski definition) is 0. The molecule has 0 aromatic rings. The van der Waals surface area contributed by atoms with Crippen LogP contribution in [0.2, 0.25) is 0 Å². The highest BCUT2D eigenvalue weighted by atomic mass is 14.7. The largest absolute Gasteiger partial charge is 0.262 e. The first-order valence-electron chi connectivity index (χ1n) is 3.79. The summed E-state index contributed by atoms with van der Waals surface area (Å²) in [6, 6.07) is 0. The highest BCUT2D eigenvalue weighted by Gasteiger charge is 1.74. The average molecular weight is 149 g/mol. The van der Waals surface area contributed by atoms with E-state index in [4.69, 9.17) is 0 Å². The minimum atomic E-state index is 0.973. The molecule has 0 atom stereocenters. The van der Waals surface area contributed by atoms with Crippen LogP contribution < -0.4 is 0 Å². The average Bonchev–Trinajstić information content (AvgIpc) is 1.99. The number of aliphatic imine (C=N–C) groups is 1. The first-order chi connectivity index (χ1) is 5.31. The summed E-state index contributed by atoms with van der Waals surface area (Å²) >= 11 is 0. The van der Waals surface area contributed by atoms with Gasteiger partial charge < -0.3 is 0 Å². The molecule has 0 amide bonds. The van der Waals surface area contributed by atoms with Crippen LogP contribution in [0.15, 0.2) is 41.6 Å². The Morgan fingerprint density at radius 3 is 2.82 bits per heavy atom. The van der Waals surface area contributed by atoms with Gasteiger partial charge in [0.05, 0.1) is 0 Å². The van der Waals surface area contributed by atoms with Gasteiger partial charge in [-0.3, -0.25) is 4.99 Å². The lowest BCUT2D eigenvalue weighted by Crippen LogP contribution is -1.69. The van der Waals surface area contributed by atoms with Gasteiger partial charge in [-0.1, -0.05) is 25.7 Å². The van der Waals surface area contributed by atoms with Crippen molar-refractivity contribution in [1.29, 1.82) is 0 Å². The van der Waals surface area contributed by atoms with E-state index < -0.39 is 0 Å². The SMILES string of the molecule is C=CC=C(C)N=C/C=C\CC. The van der Waals surface area contributed by atoms with Crippen molar-refractivity contribution in [3.05, 3.63) is 36.6 Å². The molecule has 0 unspecified atom stereocenters. The predicted molar refractivity (Wildman–Crippen MR) is 51.9 cm³/mol. The number of nitrogens with zero attached hydrogens (tertiary/aromatic N) is 1. The topological polar surface area (TPSA) is 12.4 Å². The molecule has 0 rings (SSSR count). The summed E-state index contributed by atoms with van der Waals surface area (Å²) in [5.41, 5.74) is 0.973. The summed E-state index contributed by atoms with van der Waals surface area (Å²) < 4.78 is 0. The van der Waals surface area contributed by atoms with Gasteiger partial charge in [0.15, 0.2) is 0 Å². The molecule has 0 fully saturated rings. The maximum atomic E-state index is 4.13. The normalized spacial score (nSPS) is 13.1. The smallest absolute Gasteiger partial charge is 0.0372 e. The van der Waals surface area contributed by atoms with Crippen LogP contribution in [0.5, 0.6) is 0 Å². The molecule has 0 saturated carbocycles. The molecule has 1 nitrogen and oxygen atoms in total. The van der Waals surface area contributed by atoms with E-state index >= 15 is 0 Å². The minimum absolute atomic E-state index is 0.973. The molecule has 0 aliphatic rings. The molecule has 0 aliphatic heterocycles. The van der Waals surface area contributed by atoms with E-state index in [1.165, 1.54) is 0 Å². The highest BCUT2D eigenvalue weighted by Crippen LogP contribution is 1.92. The molecule has 0 radical (unpaired) electrons. The van der Waals surface area contributed by atoms with Crippen molar-refractivity contribution in [3.63, 3.8) is 0 Å². The zero-order valence-electron chi connectivity index (χ0n) is 7.25. The summed E-state index contributed by atoms with van der Waals surface area (Å²) in [4.78, 5) is 4.13. The Labute approximate surface area is 68.9 Å². The second-order valence-electron chi connectivity index (χ2n) is 2.16. The monoisotopic (exact) mass is 149 g/mol. The van der Waals surface area contributed by atoms with Crippen molar-refractivity contribution in [2.75, 3.05) is 0 Å². The number of allylic oxidation sites excluding steroid dienone is 5. The van der Waals surface area contributed by atoms with E-state index in [-0.39, 0.29) is 0 Å². The molecule has 0 heterocycles. The third kappa shape index (κ3) is 6.78. The fraction of sp³-hybridized carbons (Fsp3) is 0.300. The molecular formula is C10H15N. The third-order valence-electron chi connectivity index (χ3n) is 1.10. The zero-order valence-corrected chi connectivity index (χ0v) is 7.25. The summed E-state index contributed by atoms with van der Waals surface area (Å²) in [5, 5.41) is 0. The molecule has 0 aliphatic carbocycles. The van der Waals surface area contributed by atoms with Crippen molar-refractivity contribution in [2.24, 2.45) is 4.99 Å². The van der Waals surface area contributed by atoms with E-state index in [1.807, 2.05) is 19.1 Å². The lowest BCUT2D eigenvalue weighted by Gasteiger charge is -1.84. The van der Waals surface area contributed by atoms with Gasteiger partial charge in [0.25, 0.3) is 0 Å². The standard InChI is InChI=1S/C10H15N/c1-4-6-7-9-11-10(3)8-5-2/h5-9H,2,4H2,1,3H3/b7-6-,10-8?,11-9?. The summed E-state index contributed by atoms with van der Waals surface area (Å²) in [6.45, 7) is 7.61. The third-order valence-corrected chi connectivity index (χ3v) is 1.10. The number of rotatable bonds is 4. The Hall–Kier alpha value is -1.11. The van der Waals surface area contributed by atoms with Crippen LogP contribution in [0, 0.1) is 0 Å². The van der Waals surface area contributed by atoms with Gasteiger partial charge in [0.2, 0.25) is 0 Å². The summed E-state index contributed by atoms with van der Waals surface area (Å²) in [5.74, 6) is 0. The Kier molecular flexibility index (Phi) is 6.30. The van der Waals surface area contributed by atoms with Crippen molar-refractivity contribution in [1.82, 2.24) is 0 Å². The molecule has 11 heavy (non-hydrogen) atoms. The molecule has 0 N–H and O–H groups in total. The Bertz CT molecular complexity index is 185. The Morgan fingerprint density at radius 1 is 1.55 bits per heavy atom. The lowest BCUT2D eigenvalue weighted by atomic mass is 10.4. The molecule has 60 valence electrons. The molecular weight excluding hydrogens is 134 g/mol. The van der Waals surface area contributed by atoms with Crippen molar-refractivity contribution >= 4 is 6.21 Å². The van der Waals surface area contributed by atoms with Crippen molar-refractivity contribution in [3.8, 4) is 0 Å². The highest BCUT2D eigenvalue weighted by molar-refractivity contribution is 5.71. The van der Waals surface area contributed by atoms with E-state index in [9.17, 15) is 0 Å². The van der Waals surface area contributed by atoms with Crippen LogP contribution in [0.4, 0.5) is 0 Å². The molecule has 0 saturated heterocycles. The van der Waals surface area contributed by atoms with E-state index in [2.05, 4.69) is 24.6 Å². The quantitative estimate of drug-likeness (QED) is 0.430. The molecule has 0 aromatic heterocycles. The summed E-state index contributed by atoms with van der Waals surface area (Å²) in [6.07, 6.45) is 10.5. The van der Waals surface area contributed by atoms with E-state index in [0.717, 1.165) is 12.1 Å². The predicted octanol–water partition coefficient (Wildman–Crippen LogP) is 3.11. The van der Waals surface area contributed by atoms with Crippen molar-refractivity contribution in [2.45, 2.75) is 20.3 Å². The Balaban J connectivity index is 3.82.